The van der Waals surface area contributed by atoms with Crippen LogP contribution in [0.15, 0.2) is 48.5 Å². The van der Waals surface area contributed by atoms with Crippen molar-refractivity contribution in [3.05, 3.63) is 54.1 Å². The third-order valence-electron chi connectivity index (χ3n) is 4.41. The van der Waals surface area contributed by atoms with E-state index in [4.69, 9.17) is 0 Å². The number of benzene rings is 2. The van der Waals surface area contributed by atoms with E-state index >= 15 is 0 Å². The van der Waals surface area contributed by atoms with E-state index in [2.05, 4.69) is 16.0 Å². The summed E-state index contributed by atoms with van der Waals surface area (Å²) < 4.78 is 0. The Labute approximate surface area is 171 Å². The quantitative estimate of drug-likeness (QED) is 0.604. The average Bonchev–Trinajstić information content (AvgIpc) is 2.74. The van der Waals surface area contributed by atoms with Crippen LogP contribution < -0.4 is 16.0 Å². The van der Waals surface area contributed by atoms with Gasteiger partial charge in [0.05, 0.1) is 6.54 Å². The van der Waals surface area contributed by atoms with Gasteiger partial charge in [-0.2, -0.15) is 0 Å². The molecule has 2 aromatic carbocycles. The minimum absolute atomic E-state index is 0.0203. The van der Waals surface area contributed by atoms with E-state index in [1.54, 1.807) is 60.4 Å². The van der Waals surface area contributed by atoms with Gasteiger partial charge in [-0.25, -0.2) is 0 Å². The fourth-order valence-corrected chi connectivity index (χ4v) is 2.70. The molecule has 0 aromatic heterocycles. The summed E-state index contributed by atoms with van der Waals surface area (Å²) in [7, 11) is 0. The molecular weight excluding hydrogens is 368 g/mol. The zero-order valence-electron chi connectivity index (χ0n) is 17.1. The van der Waals surface area contributed by atoms with Crippen LogP contribution in [0.3, 0.4) is 0 Å². The molecule has 154 valence electrons. The maximum atomic E-state index is 12.3. The Hall–Kier alpha value is -3.35. The van der Waals surface area contributed by atoms with Gasteiger partial charge in [0.25, 0.3) is 5.91 Å². The summed E-state index contributed by atoms with van der Waals surface area (Å²) in [6, 6.07) is 14.0. The molecule has 0 radical (unpaired) electrons. The summed E-state index contributed by atoms with van der Waals surface area (Å²) in [4.78, 5) is 37.6. The summed E-state index contributed by atoms with van der Waals surface area (Å²) >= 11 is 0. The molecule has 0 aliphatic heterocycles. The Morgan fingerprint density at radius 2 is 1.21 bits per heavy atom. The molecule has 0 heterocycles. The van der Waals surface area contributed by atoms with Gasteiger partial charge in [-0.15, -0.1) is 0 Å². The van der Waals surface area contributed by atoms with Crippen LogP contribution in [0.5, 0.6) is 0 Å². The van der Waals surface area contributed by atoms with Gasteiger partial charge >= 0.3 is 0 Å². The van der Waals surface area contributed by atoms with Gasteiger partial charge in [0, 0.05) is 42.1 Å². The molecular formula is C22H28N4O3. The van der Waals surface area contributed by atoms with Crippen molar-refractivity contribution in [2.24, 2.45) is 0 Å². The highest BCUT2D eigenvalue weighted by Gasteiger charge is 2.12. The largest absolute Gasteiger partial charge is 0.376 e. The highest BCUT2D eigenvalue weighted by molar-refractivity contribution is 5.96. The summed E-state index contributed by atoms with van der Waals surface area (Å²) in [5.74, 6) is -0.265. The van der Waals surface area contributed by atoms with Crippen molar-refractivity contribution in [3.63, 3.8) is 0 Å². The van der Waals surface area contributed by atoms with Crippen LogP contribution in [0.4, 0.5) is 17.1 Å². The van der Waals surface area contributed by atoms with E-state index in [1.165, 1.54) is 0 Å². The number of carbonyl (C=O) groups is 3. The Morgan fingerprint density at radius 1 is 0.724 bits per heavy atom. The Kier molecular flexibility index (Phi) is 8.21. The first-order valence-corrected chi connectivity index (χ1v) is 9.79. The second-order valence-electron chi connectivity index (χ2n) is 6.44. The number of carbonyl (C=O) groups excluding carboxylic acids is 3. The van der Waals surface area contributed by atoms with Gasteiger partial charge < -0.3 is 20.9 Å². The molecule has 0 unspecified atom stereocenters. The molecule has 3 amide bonds. The minimum atomic E-state index is -0.198. The van der Waals surface area contributed by atoms with Crippen molar-refractivity contribution in [2.75, 3.05) is 35.6 Å². The maximum absolute atomic E-state index is 12.3. The van der Waals surface area contributed by atoms with Crippen molar-refractivity contribution in [1.82, 2.24) is 4.90 Å². The van der Waals surface area contributed by atoms with Gasteiger partial charge in [0.15, 0.2) is 0 Å². The summed E-state index contributed by atoms with van der Waals surface area (Å²) in [6.07, 6.45) is 0.421. The van der Waals surface area contributed by atoms with Crippen LogP contribution in [0, 0.1) is 0 Å². The van der Waals surface area contributed by atoms with E-state index in [9.17, 15) is 14.4 Å². The lowest BCUT2D eigenvalue weighted by molar-refractivity contribution is -0.116. The Morgan fingerprint density at radius 3 is 1.72 bits per heavy atom. The van der Waals surface area contributed by atoms with Crippen LogP contribution in [0.1, 0.15) is 37.6 Å². The smallest absolute Gasteiger partial charge is 0.253 e. The molecule has 0 aliphatic rings. The normalized spacial score (nSPS) is 10.2. The average molecular weight is 396 g/mol. The third kappa shape index (κ3) is 6.64. The minimum Gasteiger partial charge on any atom is -0.376 e. The summed E-state index contributed by atoms with van der Waals surface area (Å²) in [5, 5.41) is 8.60. The van der Waals surface area contributed by atoms with E-state index < -0.39 is 0 Å². The van der Waals surface area contributed by atoms with Crippen molar-refractivity contribution in [1.29, 1.82) is 0 Å². The van der Waals surface area contributed by atoms with Crippen LogP contribution >= 0.6 is 0 Å². The highest BCUT2D eigenvalue weighted by Crippen LogP contribution is 2.14. The summed E-state index contributed by atoms with van der Waals surface area (Å²) in [5.41, 5.74) is 2.71. The van der Waals surface area contributed by atoms with Gasteiger partial charge in [-0.05, 0) is 62.4 Å². The molecule has 0 saturated carbocycles. The van der Waals surface area contributed by atoms with Crippen LogP contribution in [0.25, 0.3) is 0 Å². The SMILES string of the molecule is CCC(=O)Nc1ccc(NCC(=O)Nc2ccc(C(=O)N(CC)CC)cc2)cc1. The van der Waals surface area contributed by atoms with E-state index in [1.807, 2.05) is 13.8 Å². The van der Waals surface area contributed by atoms with E-state index in [-0.39, 0.29) is 24.3 Å². The number of anilines is 3. The molecule has 2 rings (SSSR count). The van der Waals surface area contributed by atoms with E-state index in [0.717, 1.165) is 5.69 Å². The highest BCUT2D eigenvalue weighted by atomic mass is 16.2. The van der Waals surface area contributed by atoms with Gasteiger partial charge in [-0.1, -0.05) is 6.92 Å². The number of hydrogen-bond acceptors (Lipinski definition) is 4. The lowest BCUT2D eigenvalue weighted by Crippen LogP contribution is -2.30. The zero-order chi connectivity index (χ0) is 21.2. The molecule has 0 saturated heterocycles. The van der Waals surface area contributed by atoms with Crippen molar-refractivity contribution >= 4 is 34.8 Å². The van der Waals surface area contributed by atoms with Gasteiger partial charge in [-0.3, -0.25) is 14.4 Å². The standard InChI is InChI=1S/C22H28N4O3/c1-4-20(27)24-19-13-11-17(12-14-19)23-15-21(28)25-18-9-7-16(8-10-18)22(29)26(5-2)6-3/h7-14,23H,4-6,15H2,1-3H3,(H,24,27)(H,25,28). The third-order valence-corrected chi connectivity index (χ3v) is 4.41. The van der Waals surface area contributed by atoms with Crippen molar-refractivity contribution < 1.29 is 14.4 Å². The predicted molar refractivity (Wildman–Crippen MR) is 116 cm³/mol. The molecule has 0 fully saturated rings. The molecule has 29 heavy (non-hydrogen) atoms. The molecule has 0 bridgehead atoms. The van der Waals surface area contributed by atoms with E-state index in [0.29, 0.717) is 36.4 Å². The summed E-state index contributed by atoms with van der Waals surface area (Å²) in [6.45, 7) is 7.09. The second kappa shape index (κ2) is 10.8. The van der Waals surface area contributed by atoms with Crippen LogP contribution in [-0.4, -0.2) is 42.3 Å². The van der Waals surface area contributed by atoms with Crippen molar-refractivity contribution in [3.8, 4) is 0 Å². The Bertz CT molecular complexity index is 828. The first-order chi connectivity index (χ1) is 14.0. The number of amides is 3. The zero-order valence-corrected chi connectivity index (χ0v) is 17.1. The second-order valence-corrected chi connectivity index (χ2v) is 6.44. The predicted octanol–water partition coefficient (Wildman–Crippen LogP) is 3.57. The van der Waals surface area contributed by atoms with Gasteiger partial charge in [0.1, 0.15) is 0 Å². The topological polar surface area (TPSA) is 90.5 Å². The number of rotatable bonds is 9. The number of nitrogens with zero attached hydrogens (tertiary/aromatic N) is 1. The number of hydrogen-bond donors (Lipinski definition) is 3. The molecule has 7 nitrogen and oxygen atoms in total. The molecule has 7 heteroatoms. The maximum Gasteiger partial charge on any atom is 0.253 e. The van der Waals surface area contributed by atoms with Crippen LogP contribution in [-0.2, 0) is 9.59 Å². The molecule has 0 aliphatic carbocycles. The molecule has 2 aromatic rings. The Balaban J connectivity index is 1.84. The lowest BCUT2D eigenvalue weighted by atomic mass is 10.1. The van der Waals surface area contributed by atoms with Crippen LogP contribution in [0.2, 0.25) is 0 Å². The number of nitrogens with one attached hydrogen (secondary N) is 3. The molecule has 0 spiro atoms. The first kappa shape index (κ1) is 21.9. The fraction of sp³-hybridized carbons (Fsp3) is 0.318. The lowest BCUT2D eigenvalue weighted by Gasteiger charge is -2.18. The monoisotopic (exact) mass is 396 g/mol. The molecule has 0 atom stereocenters. The van der Waals surface area contributed by atoms with Crippen molar-refractivity contribution in [2.45, 2.75) is 27.2 Å². The van der Waals surface area contributed by atoms with Gasteiger partial charge in [0.2, 0.25) is 11.8 Å². The fourth-order valence-electron chi connectivity index (χ4n) is 2.70. The molecule has 3 N–H and O–H groups in total. The first-order valence-electron chi connectivity index (χ1n) is 9.79.